The summed E-state index contributed by atoms with van der Waals surface area (Å²) in [5.74, 6) is 1.18. The summed E-state index contributed by atoms with van der Waals surface area (Å²) in [6, 6.07) is 4.00. The van der Waals surface area contributed by atoms with E-state index in [1.807, 2.05) is 23.9 Å². The van der Waals surface area contributed by atoms with Crippen molar-refractivity contribution in [1.29, 1.82) is 0 Å². The van der Waals surface area contributed by atoms with Crippen molar-refractivity contribution in [1.82, 2.24) is 4.90 Å². The molecule has 17 heteroatoms. The Morgan fingerprint density at radius 1 is 1.05 bits per heavy atom. The zero-order valence-corrected chi connectivity index (χ0v) is 26.1. The van der Waals surface area contributed by atoms with Crippen LogP contribution in [0.25, 0.3) is 0 Å². The summed E-state index contributed by atoms with van der Waals surface area (Å²) >= 11 is 14.6. The predicted molar refractivity (Wildman–Crippen MR) is 133 cm³/mol. The number of fused-ring (bicyclic) bond motifs is 1. The molecule has 224 valence electrons. The van der Waals surface area contributed by atoms with Gasteiger partial charge in [0, 0.05) is 38.9 Å². The van der Waals surface area contributed by atoms with Crippen LogP contribution < -0.4 is 42.4 Å². The van der Waals surface area contributed by atoms with E-state index in [0.717, 1.165) is 48.5 Å². The van der Waals surface area contributed by atoms with Gasteiger partial charge in [0.05, 0.1) is 69.0 Å². The van der Waals surface area contributed by atoms with Crippen LogP contribution in [-0.2, 0) is 0 Å². The molecule has 1 N–H and O–H groups in total. The summed E-state index contributed by atoms with van der Waals surface area (Å²) in [6.45, 7) is 6.53. The van der Waals surface area contributed by atoms with Gasteiger partial charge in [-0.15, -0.1) is 22.0 Å². The van der Waals surface area contributed by atoms with Crippen LogP contribution in [0, 0.1) is 20.5 Å². The minimum Gasteiger partial charge on any atom is -0.366 e. The second-order valence-electron chi connectivity index (χ2n) is 9.43. The largest absolute Gasteiger partial charge is 0.366 e. The number of allylic oxidation sites excluding steroid dienone is 2. The first-order chi connectivity index (χ1) is 17.7. The van der Waals surface area contributed by atoms with E-state index in [9.17, 15) is 0 Å². The molecule has 1 aromatic rings. The van der Waals surface area contributed by atoms with Gasteiger partial charge in [-0.05, 0) is 31.2 Å². The van der Waals surface area contributed by atoms with Gasteiger partial charge in [-0.25, -0.2) is 18.6 Å². The number of benzene rings is 1. The number of anilines is 2. The number of quaternary nitrogens is 1. The minimum absolute atomic E-state index is 0.158. The maximum Gasteiger partial charge on any atom is 0.121 e. The van der Waals surface area contributed by atoms with Crippen LogP contribution in [0.5, 0.6) is 0 Å². The topological polar surface area (TPSA) is 191 Å². The van der Waals surface area contributed by atoms with Gasteiger partial charge in [-0.1, -0.05) is 29.3 Å². The fraction of sp³-hybridized carbons (Fsp3) is 0.545. The highest BCUT2D eigenvalue weighted by Crippen LogP contribution is 2.43. The molecule has 1 fully saturated rings. The van der Waals surface area contributed by atoms with E-state index in [0.29, 0.717) is 10.0 Å². The third-order valence-corrected chi connectivity index (χ3v) is 7.28. The molecule has 2 aliphatic heterocycles. The van der Waals surface area contributed by atoms with E-state index in [2.05, 4.69) is 68.0 Å². The lowest BCUT2D eigenvalue weighted by atomic mass is 10.2. The van der Waals surface area contributed by atoms with Gasteiger partial charge in [-0.2, -0.15) is 14.0 Å². The Hall–Kier alpha value is -0.750. The molecule has 2 aliphatic rings. The molecule has 0 amide bonds. The molecule has 0 aliphatic carbocycles. The SMILES string of the molecule is CCN1CCSC1=CC=CC1N(C)c2cc(Cl)c(Cl)cc2N1CCC[N+](C)(C)C.[O-][Cl+3]([O-])([O-])O.[O-][Cl+3]([O-])([O-])[O-]. The molecule has 1 saturated heterocycles. The quantitative estimate of drug-likeness (QED) is 0.283. The third-order valence-electron chi connectivity index (χ3n) is 5.48. The van der Waals surface area contributed by atoms with Gasteiger partial charge in [0.2, 0.25) is 0 Å². The van der Waals surface area contributed by atoms with Crippen molar-refractivity contribution in [3.63, 3.8) is 0 Å². The van der Waals surface area contributed by atoms with Crippen molar-refractivity contribution in [3.8, 4) is 0 Å². The van der Waals surface area contributed by atoms with Crippen LogP contribution in [0.1, 0.15) is 13.3 Å². The number of likely N-dealkylation sites (N-methyl/N-ethyl adjacent to an activating group) is 1. The fourth-order valence-electron chi connectivity index (χ4n) is 3.90. The van der Waals surface area contributed by atoms with E-state index in [-0.39, 0.29) is 6.17 Å². The smallest absolute Gasteiger partial charge is 0.121 e. The second-order valence-corrected chi connectivity index (χ2v) is 12.9. The van der Waals surface area contributed by atoms with Crippen molar-refractivity contribution in [3.05, 3.63) is 45.4 Å². The van der Waals surface area contributed by atoms with E-state index >= 15 is 0 Å². The first kappa shape index (κ1) is 36.3. The average Bonchev–Trinajstić information content (AvgIpc) is 3.29. The number of hydrogen-bond acceptors (Lipinski definition) is 12. The lowest BCUT2D eigenvalue weighted by molar-refractivity contribution is -2.00. The van der Waals surface area contributed by atoms with Crippen molar-refractivity contribution in [2.24, 2.45) is 0 Å². The molecule has 0 radical (unpaired) electrons. The molecule has 0 bridgehead atoms. The number of hydrogen-bond donors (Lipinski definition) is 1. The Labute approximate surface area is 247 Å². The molecule has 1 atom stereocenters. The Balaban J connectivity index is 0.000000650. The average molecular weight is 656 g/mol. The van der Waals surface area contributed by atoms with Crippen LogP contribution in [0.2, 0.25) is 10.0 Å². The van der Waals surface area contributed by atoms with Crippen LogP contribution in [0.4, 0.5) is 11.4 Å². The van der Waals surface area contributed by atoms with Crippen molar-refractivity contribution in [2.75, 3.05) is 69.9 Å². The lowest BCUT2D eigenvalue weighted by Gasteiger charge is -2.30. The summed E-state index contributed by atoms with van der Waals surface area (Å²) in [7, 11) is -0.789. The maximum absolute atomic E-state index is 8.60. The molecule has 0 aromatic heterocycles. The molecule has 0 spiro atoms. The molecular weight excluding hydrogens is 622 g/mol. The first-order valence-electron chi connectivity index (χ1n) is 11.5. The number of halogens is 4. The molecule has 12 nitrogen and oxygen atoms in total. The monoisotopic (exact) mass is 654 g/mol. The highest BCUT2D eigenvalue weighted by Gasteiger charge is 2.32. The van der Waals surface area contributed by atoms with E-state index in [1.54, 1.807) is 0 Å². The van der Waals surface area contributed by atoms with E-state index in [4.69, 9.17) is 60.5 Å². The summed E-state index contributed by atoms with van der Waals surface area (Å²) in [5.41, 5.74) is 2.30. The highest BCUT2D eigenvalue weighted by atomic mass is 35.7. The van der Waals surface area contributed by atoms with Crippen LogP contribution >= 0.6 is 35.0 Å². The minimum atomic E-state index is -4.94. The van der Waals surface area contributed by atoms with E-state index in [1.165, 1.54) is 10.8 Å². The zero-order chi connectivity index (χ0) is 30.2. The molecule has 1 aromatic carbocycles. The Morgan fingerprint density at radius 2 is 1.56 bits per heavy atom. The van der Waals surface area contributed by atoms with Crippen LogP contribution in [-0.4, -0.2) is 80.3 Å². The molecule has 0 saturated carbocycles. The van der Waals surface area contributed by atoms with Crippen LogP contribution in [0.3, 0.4) is 0 Å². The third kappa shape index (κ3) is 14.6. The normalized spacial score (nSPS) is 18.8. The molecular formula is C22H34Cl4N4O8S. The Kier molecular flexibility index (Phi) is 14.4. The predicted octanol–water partition coefficient (Wildman–Crippen LogP) is -3.74. The number of rotatable bonds is 7. The summed E-state index contributed by atoms with van der Waals surface area (Å²) in [4.78, 5) is 7.17. The van der Waals surface area contributed by atoms with Gasteiger partial charge in [0.1, 0.15) is 6.17 Å². The first-order valence-corrected chi connectivity index (χ1v) is 15.8. The molecule has 2 heterocycles. The standard InChI is InChI=1S/C22H33Cl2N4S.2ClHO4/c1-6-26-12-14-29-22(26)10-7-9-21-25(2)19-15-17(23)18(24)16-20(19)27(21)11-8-13-28(3,4)5;2*2-1(3,4)5/h7,9-10,15-16,21H,6,8,11-14H2,1-5H3;2*(H,2,3,4,5)/q+1;;/p-1. The van der Waals surface area contributed by atoms with Gasteiger partial charge in [-0.3, -0.25) is 0 Å². The van der Waals surface area contributed by atoms with Crippen LogP contribution in [0.15, 0.2) is 35.4 Å². The Morgan fingerprint density at radius 3 is 2.05 bits per heavy atom. The van der Waals surface area contributed by atoms with Gasteiger partial charge < -0.3 is 19.2 Å². The maximum atomic E-state index is 8.60. The fourth-order valence-corrected chi connectivity index (χ4v) is 5.31. The Bertz CT molecular complexity index is 963. The summed E-state index contributed by atoms with van der Waals surface area (Å²) in [5, 5.41) is 2.59. The zero-order valence-electron chi connectivity index (χ0n) is 22.2. The number of thioether (sulfide) groups is 1. The summed E-state index contributed by atoms with van der Waals surface area (Å²) in [6.07, 6.45) is 8.02. The van der Waals surface area contributed by atoms with E-state index < -0.39 is 20.5 Å². The molecule has 39 heavy (non-hydrogen) atoms. The second kappa shape index (κ2) is 15.5. The van der Waals surface area contributed by atoms with Crippen molar-refractivity contribution in [2.45, 2.75) is 19.5 Å². The van der Waals surface area contributed by atoms with Crippen molar-refractivity contribution >= 4 is 46.3 Å². The van der Waals surface area contributed by atoms with Gasteiger partial charge in [0.15, 0.2) is 0 Å². The summed E-state index contributed by atoms with van der Waals surface area (Å²) < 4.78 is 67.7. The van der Waals surface area contributed by atoms with Gasteiger partial charge in [0.25, 0.3) is 0 Å². The lowest BCUT2D eigenvalue weighted by Crippen LogP contribution is -2.68. The van der Waals surface area contributed by atoms with Crippen molar-refractivity contribution < 1.29 is 62.2 Å². The highest BCUT2D eigenvalue weighted by molar-refractivity contribution is 8.03. The molecule has 3 rings (SSSR count). The molecule has 1 unspecified atom stereocenters. The number of nitrogens with zero attached hydrogens (tertiary/aromatic N) is 4. The van der Waals surface area contributed by atoms with Gasteiger partial charge >= 0.3 is 0 Å².